The summed E-state index contributed by atoms with van der Waals surface area (Å²) in [4.78, 5) is 3.39. The van der Waals surface area contributed by atoms with Crippen LogP contribution in [0.2, 0.25) is 0 Å². The zero-order chi connectivity index (χ0) is 14.8. The Balaban J connectivity index is 3.08. The fraction of sp³-hybridized carbons (Fsp3) is 0.545. The number of halogens is 4. The highest BCUT2D eigenvalue weighted by atomic mass is 32.2. The molecule has 0 unspecified atom stereocenters. The molecule has 0 saturated carbocycles. The molecule has 0 aliphatic heterocycles. The summed E-state index contributed by atoms with van der Waals surface area (Å²) in [6, 6.07) is -0.343. The van der Waals surface area contributed by atoms with Crippen molar-refractivity contribution in [1.29, 1.82) is 0 Å². The number of aromatic nitrogens is 1. The van der Waals surface area contributed by atoms with E-state index < -0.39 is 39.8 Å². The minimum Gasteiger partial charge on any atom is -0.598 e. The summed E-state index contributed by atoms with van der Waals surface area (Å²) in [5.74, 6) is -1.09. The highest BCUT2D eigenvalue weighted by molar-refractivity contribution is 7.90. The first-order valence-corrected chi connectivity index (χ1v) is 6.53. The van der Waals surface area contributed by atoms with Gasteiger partial charge in [-0.25, -0.2) is 4.39 Å². The summed E-state index contributed by atoms with van der Waals surface area (Å²) in [7, 11) is 0. The molecule has 1 aromatic heterocycles. The summed E-state index contributed by atoms with van der Waals surface area (Å²) >= 11 is -2.00. The molecular formula is C11H14F4N2OS. The van der Waals surface area contributed by atoms with Gasteiger partial charge in [-0.2, -0.15) is 13.2 Å². The van der Waals surface area contributed by atoms with E-state index in [1.165, 1.54) is 26.8 Å². The van der Waals surface area contributed by atoms with Crippen LogP contribution < -0.4 is 4.72 Å². The van der Waals surface area contributed by atoms with Crippen molar-refractivity contribution in [2.45, 2.75) is 37.7 Å². The van der Waals surface area contributed by atoms with Crippen molar-refractivity contribution in [3.63, 3.8) is 0 Å². The lowest BCUT2D eigenvalue weighted by Gasteiger charge is -2.28. The van der Waals surface area contributed by atoms with Crippen LogP contribution in [0.5, 0.6) is 0 Å². The Morgan fingerprint density at radius 1 is 1.32 bits per heavy atom. The summed E-state index contributed by atoms with van der Waals surface area (Å²) in [6.07, 6.45) is -3.74. The van der Waals surface area contributed by atoms with E-state index in [9.17, 15) is 22.1 Å². The van der Waals surface area contributed by atoms with Crippen LogP contribution in [0.15, 0.2) is 18.3 Å². The Morgan fingerprint density at radius 2 is 1.89 bits per heavy atom. The van der Waals surface area contributed by atoms with Crippen LogP contribution in [0.1, 0.15) is 32.5 Å². The average Bonchev–Trinajstić information content (AvgIpc) is 2.24. The predicted octanol–water partition coefficient (Wildman–Crippen LogP) is 2.88. The molecule has 3 nitrogen and oxygen atoms in total. The molecule has 0 aromatic carbocycles. The first-order valence-electron chi connectivity index (χ1n) is 5.38. The smallest absolute Gasteiger partial charge is 0.413 e. The van der Waals surface area contributed by atoms with Gasteiger partial charge in [0.2, 0.25) is 0 Å². The van der Waals surface area contributed by atoms with Gasteiger partial charge in [0.1, 0.15) is 16.3 Å². The van der Waals surface area contributed by atoms with E-state index in [4.69, 9.17) is 0 Å². The first kappa shape index (κ1) is 16.2. The van der Waals surface area contributed by atoms with E-state index in [-0.39, 0.29) is 0 Å². The van der Waals surface area contributed by atoms with Crippen LogP contribution in [-0.2, 0) is 11.4 Å². The fourth-order valence-corrected chi connectivity index (χ4v) is 1.98. The van der Waals surface area contributed by atoms with E-state index in [1.54, 1.807) is 0 Å². The van der Waals surface area contributed by atoms with E-state index in [1.807, 2.05) is 4.72 Å². The highest BCUT2D eigenvalue weighted by Gasteiger charge is 2.47. The number of pyridine rings is 1. The number of nitrogens with one attached hydrogen (secondary N) is 1. The first-order chi connectivity index (χ1) is 8.53. The molecule has 0 saturated heterocycles. The summed E-state index contributed by atoms with van der Waals surface area (Å²) < 4.78 is 65.0. The normalized spacial score (nSPS) is 16.2. The molecule has 0 amide bonds. The van der Waals surface area contributed by atoms with Crippen molar-refractivity contribution in [2.75, 3.05) is 0 Å². The third kappa shape index (κ3) is 4.32. The quantitative estimate of drug-likeness (QED) is 0.689. The molecule has 1 heterocycles. The summed E-state index contributed by atoms with van der Waals surface area (Å²) in [5, 5.41) is 0. The number of hydrogen-bond acceptors (Lipinski definition) is 3. The standard InChI is InChI=1S/C11H14F4N2OS/c1-10(2,3)19(18)17-9(11(13,14)15)8-7(12)5-4-6-16-8/h4-6,9,17H,1-3H3/t9-,19+/m1/s1. The summed E-state index contributed by atoms with van der Waals surface area (Å²) in [6.45, 7) is 4.54. The molecule has 8 heteroatoms. The lowest BCUT2D eigenvalue weighted by molar-refractivity contribution is -0.154. The molecule has 19 heavy (non-hydrogen) atoms. The molecular weight excluding hydrogens is 284 g/mol. The second kappa shape index (κ2) is 5.64. The van der Waals surface area contributed by atoms with Gasteiger partial charge >= 0.3 is 6.18 Å². The second-order valence-corrected chi connectivity index (χ2v) is 6.84. The van der Waals surface area contributed by atoms with Crippen LogP contribution in [-0.4, -0.2) is 20.5 Å². The molecule has 1 N–H and O–H groups in total. The number of nitrogens with zero attached hydrogens (tertiary/aromatic N) is 1. The Labute approximate surface area is 111 Å². The summed E-state index contributed by atoms with van der Waals surface area (Å²) in [5.41, 5.74) is -0.812. The zero-order valence-corrected chi connectivity index (χ0v) is 11.4. The van der Waals surface area contributed by atoms with Crippen molar-refractivity contribution >= 4 is 11.4 Å². The number of hydrogen-bond donors (Lipinski definition) is 1. The van der Waals surface area contributed by atoms with Crippen molar-refractivity contribution in [3.05, 3.63) is 29.8 Å². The Bertz CT molecular complexity index is 433. The monoisotopic (exact) mass is 298 g/mol. The molecule has 108 valence electrons. The van der Waals surface area contributed by atoms with Crippen LogP contribution in [0.25, 0.3) is 0 Å². The largest absolute Gasteiger partial charge is 0.598 e. The van der Waals surface area contributed by atoms with Gasteiger partial charge in [-0.15, -0.1) is 4.72 Å². The van der Waals surface area contributed by atoms with E-state index in [2.05, 4.69) is 4.98 Å². The molecule has 0 aliphatic carbocycles. The van der Waals surface area contributed by atoms with Crippen LogP contribution in [0.3, 0.4) is 0 Å². The minimum absolute atomic E-state index is 0.812. The maximum Gasteiger partial charge on any atom is 0.413 e. The third-order valence-electron chi connectivity index (χ3n) is 2.17. The van der Waals surface area contributed by atoms with Gasteiger partial charge in [0.15, 0.2) is 6.04 Å². The fourth-order valence-electron chi connectivity index (χ4n) is 1.17. The lowest BCUT2D eigenvalue weighted by atomic mass is 10.2. The molecule has 0 spiro atoms. The maximum atomic E-state index is 13.4. The SMILES string of the molecule is CC(C)(C)[S@+]([O-])N[C@H](c1ncccc1F)C(F)(F)F. The van der Waals surface area contributed by atoms with Crippen molar-refractivity contribution in [1.82, 2.24) is 9.71 Å². The number of rotatable bonds is 3. The topological polar surface area (TPSA) is 48.0 Å². The third-order valence-corrected chi connectivity index (χ3v) is 3.73. The van der Waals surface area contributed by atoms with Gasteiger partial charge in [0.05, 0.1) is 0 Å². The molecule has 0 fully saturated rings. The zero-order valence-electron chi connectivity index (χ0n) is 10.6. The average molecular weight is 298 g/mol. The Kier molecular flexibility index (Phi) is 4.81. The molecule has 1 aromatic rings. The van der Waals surface area contributed by atoms with Gasteiger partial charge in [0.25, 0.3) is 0 Å². The minimum atomic E-state index is -4.80. The second-order valence-electron chi connectivity index (χ2n) is 4.84. The van der Waals surface area contributed by atoms with Gasteiger partial charge in [-0.3, -0.25) is 4.98 Å². The molecule has 2 atom stereocenters. The van der Waals surface area contributed by atoms with E-state index >= 15 is 0 Å². The van der Waals surface area contributed by atoms with Crippen LogP contribution >= 0.6 is 0 Å². The van der Waals surface area contributed by atoms with Crippen LogP contribution in [0, 0.1) is 5.82 Å². The van der Waals surface area contributed by atoms with Crippen LogP contribution in [0.4, 0.5) is 17.6 Å². The molecule has 1 rings (SSSR count). The maximum absolute atomic E-state index is 13.4. The Morgan fingerprint density at radius 3 is 2.32 bits per heavy atom. The van der Waals surface area contributed by atoms with Crippen molar-refractivity contribution in [3.8, 4) is 0 Å². The highest BCUT2D eigenvalue weighted by Crippen LogP contribution is 2.34. The van der Waals surface area contributed by atoms with Gasteiger partial charge in [-0.05, 0) is 32.9 Å². The van der Waals surface area contributed by atoms with Gasteiger partial charge in [0, 0.05) is 17.6 Å². The predicted molar refractivity (Wildman–Crippen MR) is 64.0 cm³/mol. The Hall–Kier alpha value is -0.860. The number of alkyl halides is 3. The van der Waals surface area contributed by atoms with E-state index in [0.717, 1.165) is 12.3 Å². The van der Waals surface area contributed by atoms with Crippen molar-refractivity contribution in [2.24, 2.45) is 0 Å². The molecule has 0 aliphatic rings. The van der Waals surface area contributed by atoms with E-state index in [0.29, 0.717) is 0 Å². The lowest BCUT2D eigenvalue weighted by Crippen LogP contribution is -2.46. The van der Waals surface area contributed by atoms with Gasteiger partial charge < -0.3 is 4.55 Å². The molecule has 0 radical (unpaired) electrons. The van der Waals surface area contributed by atoms with Gasteiger partial charge in [-0.1, -0.05) is 0 Å². The molecule has 0 bridgehead atoms. The van der Waals surface area contributed by atoms with Crippen molar-refractivity contribution < 1.29 is 22.1 Å².